The number of methoxy groups -OCH3 is 1. The fraction of sp³-hybridized carbons (Fsp3) is 0.152. The SMILES string of the molecule is CCN(CC)S(=O)(=O)c1cccc(-c2nn(-c3ccccc3)cc2/C=c2\sc3nc(/C=C/c4ccc(OC)cc4)nn3c2=O)c1. The van der Waals surface area contributed by atoms with Gasteiger partial charge in [0.2, 0.25) is 15.0 Å². The Labute approximate surface area is 264 Å². The van der Waals surface area contributed by atoms with Crippen LogP contribution in [0.4, 0.5) is 0 Å². The van der Waals surface area contributed by atoms with Gasteiger partial charge in [0.05, 0.1) is 22.2 Å². The van der Waals surface area contributed by atoms with E-state index in [1.54, 1.807) is 42.1 Å². The molecule has 0 unspecified atom stereocenters. The molecule has 0 bridgehead atoms. The fourth-order valence-electron chi connectivity index (χ4n) is 4.89. The van der Waals surface area contributed by atoms with Gasteiger partial charge in [-0.2, -0.15) is 18.9 Å². The number of nitrogens with zero attached hydrogens (tertiary/aromatic N) is 6. The van der Waals surface area contributed by atoms with Crippen molar-refractivity contribution in [2.45, 2.75) is 18.7 Å². The van der Waals surface area contributed by atoms with E-state index >= 15 is 0 Å². The number of thiazole rings is 1. The number of sulfonamides is 1. The summed E-state index contributed by atoms with van der Waals surface area (Å²) in [6.45, 7) is 4.36. The van der Waals surface area contributed by atoms with Gasteiger partial charge in [0.1, 0.15) is 11.4 Å². The van der Waals surface area contributed by atoms with Gasteiger partial charge in [-0.1, -0.05) is 73.7 Å². The van der Waals surface area contributed by atoms with Crippen LogP contribution in [0.25, 0.3) is 40.1 Å². The van der Waals surface area contributed by atoms with Crippen molar-refractivity contribution in [3.63, 3.8) is 0 Å². The van der Waals surface area contributed by atoms with Gasteiger partial charge in [0, 0.05) is 30.4 Å². The topological polar surface area (TPSA) is 112 Å². The van der Waals surface area contributed by atoms with E-state index in [0.29, 0.717) is 45.2 Å². The normalized spacial score (nSPS) is 12.6. The van der Waals surface area contributed by atoms with Crippen molar-refractivity contribution < 1.29 is 13.2 Å². The van der Waals surface area contributed by atoms with E-state index in [0.717, 1.165) is 17.0 Å². The average Bonchev–Trinajstić information content (AvgIpc) is 3.75. The Kier molecular flexibility index (Phi) is 8.44. The Morgan fingerprint density at radius 1 is 0.933 bits per heavy atom. The molecule has 6 rings (SSSR count). The van der Waals surface area contributed by atoms with Gasteiger partial charge in [-0.25, -0.2) is 13.1 Å². The van der Waals surface area contributed by atoms with Crippen molar-refractivity contribution in [3.8, 4) is 22.7 Å². The number of hydrogen-bond donors (Lipinski definition) is 0. The summed E-state index contributed by atoms with van der Waals surface area (Å²) < 4.78 is 36.7. The number of hydrogen-bond acceptors (Lipinski definition) is 8. The summed E-state index contributed by atoms with van der Waals surface area (Å²) in [6, 6.07) is 23.9. The third kappa shape index (κ3) is 6.07. The summed E-state index contributed by atoms with van der Waals surface area (Å²) in [5.74, 6) is 1.19. The van der Waals surface area contributed by atoms with Crippen molar-refractivity contribution >= 4 is 44.5 Å². The van der Waals surface area contributed by atoms with Crippen LogP contribution in [0.15, 0.2) is 94.7 Å². The average molecular weight is 639 g/mol. The molecule has 0 spiro atoms. The summed E-state index contributed by atoms with van der Waals surface area (Å²) >= 11 is 1.22. The maximum absolute atomic E-state index is 13.4. The maximum atomic E-state index is 13.4. The number of aromatic nitrogens is 5. The molecule has 0 atom stereocenters. The van der Waals surface area contributed by atoms with E-state index in [4.69, 9.17) is 9.84 Å². The van der Waals surface area contributed by atoms with Gasteiger partial charge in [0.15, 0.2) is 5.82 Å². The predicted octanol–water partition coefficient (Wildman–Crippen LogP) is 4.76. The lowest BCUT2D eigenvalue weighted by atomic mass is 10.1. The van der Waals surface area contributed by atoms with Crippen molar-refractivity contribution in [1.29, 1.82) is 0 Å². The van der Waals surface area contributed by atoms with E-state index in [1.807, 2.05) is 86.8 Å². The zero-order chi connectivity index (χ0) is 31.6. The summed E-state index contributed by atoms with van der Waals surface area (Å²) in [7, 11) is -2.07. The first-order valence-corrected chi connectivity index (χ1v) is 16.6. The minimum Gasteiger partial charge on any atom is -0.497 e. The largest absolute Gasteiger partial charge is 0.497 e. The lowest BCUT2D eigenvalue weighted by molar-refractivity contribution is 0.415. The molecule has 0 saturated carbocycles. The van der Waals surface area contributed by atoms with E-state index in [1.165, 1.54) is 20.2 Å². The van der Waals surface area contributed by atoms with Crippen LogP contribution in [0.3, 0.4) is 0 Å². The molecule has 0 amide bonds. The molecule has 0 aliphatic carbocycles. The number of fused-ring (bicyclic) bond motifs is 1. The second-order valence-electron chi connectivity index (χ2n) is 10.0. The molecule has 45 heavy (non-hydrogen) atoms. The Morgan fingerprint density at radius 2 is 1.69 bits per heavy atom. The van der Waals surface area contributed by atoms with Gasteiger partial charge in [-0.3, -0.25) is 4.79 Å². The van der Waals surface area contributed by atoms with E-state index in [9.17, 15) is 13.2 Å². The highest BCUT2D eigenvalue weighted by atomic mass is 32.2. The molecule has 3 aromatic carbocycles. The molecule has 10 nitrogen and oxygen atoms in total. The molecule has 228 valence electrons. The summed E-state index contributed by atoms with van der Waals surface area (Å²) in [5, 5.41) is 9.24. The maximum Gasteiger partial charge on any atom is 0.291 e. The smallest absolute Gasteiger partial charge is 0.291 e. The molecule has 0 radical (unpaired) electrons. The number of ether oxygens (including phenoxy) is 1. The Morgan fingerprint density at radius 3 is 2.38 bits per heavy atom. The lowest BCUT2D eigenvalue weighted by Gasteiger charge is -2.18. The van der Waals surface area contributed by atoms with Crippen LogP contribution in [0.5, 0.6) is 5.75 Å². The molecule has 3 aromatic heterocycles. The minimum absolute atomic E-state index is 0.183. The Bertz CT molecular complexity index is 2220. The molecule has 0 N–H and O–H groups in total. The van der Waals surface area contributed by atoms with E-state index < -0.39 is 10.0 Å². The zero-order valence-corrected chi connectivity index (χ0v) is 26.5. The molecule has 0 aliphatic heterocycles. The highest BCUT2D eigenvalue weighted by Crippen LogP contribution is 2.28. The highest BCUT2D eigenvalue weighted by Gasteiger charge is 2.23. The first-order valence-electron chi connectivity index (χ1n) is 14.3. The first-order chi connectivity index (χ1) is 21.8. The van der Waals surface area contributed by atoms with Gasteiger partial charge in [-0.15, -0.1) is 5.10 Å². The molecule has 12 heteroatoms. The van der Waals surface area contributed by atoms with Gasteiger partial charge in [0.25, 0.3) is 5.56 Å². The molecular formula is C33H30N6O4S2. The first kappa shape index (κ1) is 30.1. The van der Waals surface area contributed by atoms with Crippen molar-refractivity contribution in [3.05, 3.63) is 117 Å². The van der Waals surface area contributed by atoms with Crippen LogP contribution in [-0.4, -0.2) is 57.3 Å². The monoisotopic (exact) mass is 638 g/mol. The lowest BCUT2D eigenvalue weighted by Crippen LogP contribution is -2.30. The van der Waals surface area contributed by atoms with Crippen LogP contribution in [0, 0.1) is 0 Å². The highest BCUT2D eigenvalue weighted by molar-refractivity contribution is 7.89. The van der Waals surface area contributed by atoms with Gasteiger partial charge >= 0.3 is 0 Å². The summed E-state index contributed by atoms with van der Waals surface area (Å²) in [6.07, 6.45) is 7.21. The van der Waals surface area contributed by atoms with Crippen LogP contribution < -0.4 is 14.8 Å². The molecule has 6 aromatic rings. The van der Waals surface area contributed by atoms with Gasteiger partial charge < -0.3 is 4.74 Å². The van der Waals surface area contributed by atoms with Crippen molar-refractivity contribution in [2.24, 2.45) is 0 Å². The number of rotatable bonds is 10. The quantitative estimate of drug-likeness (QED) is 0.213. The molecule has 0 aliphatic rings. The van der Waals surface area contributed by atoms with Gasteiger partial charge in [-0.05, 0) is 54.1 Å². The Balaban J connectivity index is 1.41. The van der Waals surface area contributed by atoms with E-state index in [2.05, 4.69) is 10.1 Å². The van der Waals surface area contributed by atoms with Crippen LogP contribution in [0.1, 0.15) is 30.8 Å². The summed E-state index contributed by atoms with van der Waals surface area (Å²) in [4.78, 5) is 18.6. The molecular weight excluding hydrogens is 609 g/mol. The molecule has 0 saturated heterocycles. The number of benzene rings is 3. The number of para-hydroxylation sites is 1. The second kappa shape index (κ2) is 12.6. The van der Waals surface area contributed by atoms with Crippen molar-refractivity contribution in [2.75, 3.05) is 20.2 Å². The fourth-order valence-corrected chi connectivity index (χ4v) is 7.30. The Hall–Kier alpha value is -4.91. The van der Waals surface area contributed by atoms with E-state index in [-0.39, 0.29) is 10.5 Å². The zero-order valence-electron chi connectivity index (χ0n) is 24.9. The third-order valence-corrected chi connectivity index (χ3v) is 10.2. The molecule has 3 heterocycles. The second-order valence-corrected chi connectivity index (χ2v) is 13.0. The van der Waals surface area contributed by atoms with Crippen LogP contribution >= 0.6 is 11.3 Å². The molecule has 0 fully saturated rings. The third-order valence-electron chi connectivity index (χ3n) is 7.24. The van der Waals surface area contributed by atoms with Crippen molar-refractivity contribution in [1.82, 2.24) is 28.7 Å². The van der Waals surface area contributed by atoms with Crippen LogP contribution in [0.2, 0.25) is 0 Å². The minimum atomic E-state index is -3.69. The summed E-state index contributed by atoms with van der Waals surface area (Å²) in [5.41, 5.74) is 3.27. The van der Waals surface area contributed by atoms with Crippen LogP contribution in [-0.2, 0) is 10.0 Å². The standard InChI is InChI=1S/C33H30N6O4S2/c1-4-37(5-2)45(41,42)28-13-9-10-24(20-28)31-25(22-38(36-31)26-11-7-6-8-12-26)21-29-32(40)39-33(44-29)34-30(35-39)19-16-23-14-17-27(43-3)18-15-23/h6-22H,4-5H2,1-3H3/b19-16+,29-21-. The predicted molar refractivity (Wildman–Crippen MR) is 177 cm³/mol.